The van der Waals surface area contributed by atoms with Crippen molar-refractivity contribution >= 4 is 10.0 Å². The number of aryl methyl sites for hydroxylation is 1. The lowest BCUT2D eigenvalue weighted by atomic mass is 10.1. The van der Waals surface area contributed by atoms with Crippen LogP contribution >= 0.6 is 0 Å². The first kappa shape index (κ1) is 14.2. The highest BCUT2D eigenvalue weighted by Crippen LogP contribution is 2.04. The van der Waals surface area contributed by atoms with Gasteiger partial charge in [-0.1, -0.05) is 29.8 Å². The molecule has 5 heteroatoms. The van der Waals surface area contributed by atoms with E-state index in [2.05, 4.69) is 16.1 Å². The van der Waals surface area contributed by atoms with Crippen LogP contribution in [0.2, 0.25) is 0 Å². The van der Waals surface area contributed by atoms with Gasteiger partial charge in [-0.3, -0.25) is 0 Å². The fourth-order valence-electron chi connectivity index (χ4n) is 1.53. The van der Waals surface area contributed by atoms with E-state index in [9.17, 15) is 8.42 Å². The second-order valence-electron chi connectivity index (χ2n) is 4.06. The number of nitrogens with one attached hydrogen (secondary N) is 2. The van der Waals surface area contributed by atoms with Crippen LogP contribution in [0, 0.1) is 6.92 Å². The first-order valence-corrected chi connectivity index (χ1v) is 7.36. The smallest absolute Gasteiger partial charge is 0.212 e. The summed E-state index contributed by atoms with van der Waals surface area (Å²) in [5.41, 5.74) is 2.35. The summed E-state index contributed by atoms with van der Waals surface area (Å²) in [6.45, 7) is 2.95. The highest BCUT2D eigenvalue weighted by atomic mass is 32.2. The molecule has 0 saturated carbocycles. The first-order chi connectivity index (χ1) is 8.03. The molecule has 0 spiro atoms. The molecule has 96 valence electrons. The van der Waals surface area contributed by atoms with Crippen molar-refractivity contribution in [1.29, 1.82) is 0 Å². The van der Waals surface area contributed by atoms with E-state index in [4.69, 9.17) is 0 Å². The Kier molecular flexibility index (Phi) is 5.61. The molecule has 17 heavy (non-hydrogen) atoms. The fourth-order valence-corrected chi connectivity index (χ4v) is 2.56. The normalized spacial score (nSPS) is 11.6. The van der Waals surface area contributed by atoms with Crippen LogP contribution in [-0.2, 0) is 16.4 Å². The van der Waals surface area contributed by atoms with Gasteiger partial charge in [0.15, 0.2) is 0 Å². The number of hydrogen-bond acceptors (Lipinski definition) is 3. The maximum Gasteiger partial charge on any atom is 0.212 e. The monoisotopic (exact) mass is 256 g/mol. The van der Waals surface area contributed by atoms with Gasteiger partial charge in [0.25, 0.3) is 0 Å². The Balaban J connectivity index is 2.37. The average molecular weight is 256 g/mol. The molecule has 1 aromatic rings. The van der Waals surface area contributed by atoms with E-state index in [1.165, 1.54) is 5.56 Å². The van der Waals surface area contributed by atoms with Gasteiger partial charge < -0.3 is 5.32 Å². The second-order valence-corrected chi connectivity index (χ2v) is 5.98. The lowest BCUT2D eigenvalue weighted by Crippen LogP contribution is -2.32. The van der Waals surface area contributed by atoms with Crippen molar-refractivity contribution in [3.8, 4) is 0 Å². The maximum absolute atomic E-state index is 11.5. The lowest BCUT2D eigenvalue weighted by Gasteiger charge is -2.06. The summed E-state index contributed by atoms with van der Waals surface area (Å²) in [7, 11) is -1.40. The van der Waals surface area contributed by atoms with E-state index in [-0.39, 0.29) is 5.75 Å². The van der Waals surface area contributed by atoms with Crippen molar-refractivity contribution in [3.63, 3.8) is 0 Å². The lowest BCUT2D eigenvalue weighted by molar-refractivity contribution is 0.579. The quantitative estimate of drug-likeness (QED) is 0.754. The summed E-state index contributed by atoms with van der Waals surface area (Å²) in [4.78, 5) is 0. The van der Waals surface area contributed by atoms with Crippen LogP contribution in [0.1, 0.15) is 11.1 Å². The third kappa shape index (κ3) is 5.81. The van der Waals surface area contributed by atoms with Gasteiger partial charge in [-0.25, -0.2) is 13.1 Å². The molecule has 1 aromatic carbocycles. The molecule has 0 heterocycles. The van der Waals surface area contributed by atoms with Crippen molar-refractivity contribution in [2.75, 3.05) is 25.9 Å². The standard InChI is InChI=1S/C12H20N2O2S/c1-11-4-3-5-12(10-11)6-7-14-17(15,16)9-8-13-2/h3-5,10,13-14H,6-9H2,1-2H3. The summed E-state index contributed by atoms with van der Waals surface area (Å²) in [6.07, 6.45) is 0.723. The molecule has 1 rings (SSSR count). The predicted molar refractivity (Wildman–Crippen MR) is 70.6 cm³/mol. The van der Waals surface area contributed by atoms with Crippen LogP contribution in [0.15, 0.2) is 24.3 Å². The summed E-state index contributed by atoms with van der Waals surface area (Å²) < 4.78 is 25.6. The van der Waals surface area contributed by atoms with Gasteiger partial charge in [0, 0.05) is 13.1 Å². The zero-order chi connectivity index (χ0) is 12.7. The topological polar surface area (TPSA) is 58.2 Å². The van der Waals surface area contributed by atoms with Crippen LogP contribution in [0.5, 0.6) is 0 Å². The van der Waals surface area contributed by atoms with Gasteiger partial charge in [-0.05, 0) is 26.0 Å². The second kappa shape index (κ2) is 6.74. The highest BCUT2D eigenvalue weighted by Gasteiger charge is 2.07. The highest BCUT2D eigenvalue weighted by molar-refractivity contribution is 7.89. The number of benzene rings is 1. The zero-order valence-corrected chi connectivity index (χ0v) is 11.2. The van der Waals surface area contributed by atoms with E-state index >= 15 is 0 Å². The van der Waals surface area contributed by atoms with E-state index in [1.54, 1.807) is 7.05 Å². The van der Waals surface area contributed by atoms with Gasteiger partial charge >= 0.3 is 0 Å². The van der Waals surface area contributed by atoms with Crippen molar-refractivity contribution < 1.29 is 8.42 Å². The molecule has 0 bridgehead atoms. The van der Waals surface area contributed by atoms with Crippen LogP contribution in [0.25, 0.3) is 0 Å². The van der Waals surface area contributed by atoms with Crippen LogP contribution in [0.3, 0.4) is 0 Å². The molecule has 0 aromatic heterocycles. The summed E-state index contributed by atoms with van der Waals surface area (Å²) in [6, 6.07) is 8.09. The Morgan fingerprint density at radius 1 is 1.24 bits per heavy atom. The van der Waals surface area contributed by atoms with Crippen molar-refractivity contribution in [1.82, 2.24) is 10.0 Å². The van der Waals surface area contributed by atoms with Crippen molar-refractivity contribution in [2.45, 2.75) is 13.3 Å². The Bertz CT molecular complexity index is 444. The number of hydrogen-bond donors (Lipinski definition) is 2. The van der Waals surface area contributed by atoms with Gasteiger partial charge in [-0.15, -0.1) is 0 Å². The Hall–Kier alpha value is -0.910. The van der Waals surface area contributed by atoms with E-state index in [0.717, 1.165) is 12.0 Å². The molecule has 0 aliphatic heterocycles. The molecule has 0 atom stereocenters. The van der Waals surface area contributed by atoms with Gasteiger partial charge in [0.05, 0.1) is 5.75 Å². The molecule has 0 fully saturated rings. The number of rotatable bonds is 7. The molecule has 0 saturated heterocycles. The van der Waals surface area contributed by atoms with Crippen molar-refractivity contribution in [3.05, 3.63) is 35.4 Å². The Morgan fingerprint density at radius 2 is 2.00 bits per heavy atom. The summed E-state index contributed by atoms with van der Waals surface area (Å²) in [5, 5.41) is 2.82. The predicted octanol–water partition coefficient (Wildman–Crippen LogP) is 0.676. The molecule has 0 amide bonds. The van der Waals surface area contributed by atoms with E-state index in [0.29, 0.717) is 13.1 Å². The largest absolute Gasteiger partial charge is 0.319 e. The minimum Gasteiger partial charge on any atom is -0.319 e. The SMILES string of the molecule is CNCCS(=O)(=O)NCCc1cccc(C)c1. The van der Waals surface area contributed by atoms with Gasteiger partial charge in [0.1, 0.15) is 0 Å². The Labute approximate surface area is 103 Å². The van der Waals surface area contributed by atoms with Gasteiger partial charge in [0.2, 0.25) is 10.0 Å². The molecule has 0 aliphatic rings. The maximum atomic E-state index is 11.5. The third-order valence-corrected chi connectivity index (χ3v) is 3.82. The van der Waals surface area contributed by atoms with Crippen molar-refractivity contribution in [2.24, 2.45) is 0 Å². The molecule has 0 aliphatic carbocycles. The molecule has 0 unspecified atom stereocenters. The average Bonchev–Trinajstić information content (AvgIpc) is 2.26. The minimum atomic E-state index is -3.14. The fraction of sp³-hybridized carbons (Fsp3) is 0.500. The molecular weight excluding hydrogens is 236 g/mol. The zero-order valence-electron chi connectivity index (χ0n) is 10.4. The number of sulfonamides is 1. The molecule has 4 nitrogen and oxygen atoms in total. The summed E-state index contributed by atoms with van der Waals surface area (Å²) >= 11 is 0. The van der Waals surface area contributed by atoms with Crippen LogP contribution in [-0.4, -0.2) is 34.3 Å². The van der Waals surface area contributed by atoms with Crippen LogP contribution in [0.4, 0.5) is 0 Å². The molecule has 2 N–H and O–H groups in total. The molecule has 0 radical (unpaired) electrons. The van der Waals surface area contributed by atoms with E-state index < -0.39 is 10.0 Å². The molecular formula is C12H20N2O2S. The third-order valence-electron chi connectivity index (χ3n) is 2.44. The minimum absolute atomic E-state index is 0.122. The summed E-state index contributed by atoms with van der Waals surface area (Å²) in [5.74, 6) is 0.122. The van der Waals surface area contributed by atoms with Gasteiger partial charge in [-0.2, -0.15) is 0 Å². The Morgan fingerprint density at radius 3 is 2.65 bits per heavy atom. The first-order valence-electron chi connectivity index (χ1n) is 5.71. The van der Waals surface area contributed by atoms with Crippen LogP contribution < -0.4 is 10.0 Å². The van der Waals surface area contributed by atoms with E-state index in [1.807, 2.05) is 25.1 Å².